The largest absolute Gasteiger partial charge is 0.469 e. The van der Waals surface area contributed by atoms with Crippen LogP contribution in [-0.4, -0.2) is 34.4 Å². The van der Waals surface area contributed by atoms with Crippen molar-refractivity contribution in [2.45, 2.75) is 6.92 Å². The molecular weight excluding hydrogens is 169 g/mol. The fourth-order valence-corrected chi connectivity index (χ4v) is 0.766. The zero-order chi connectivity index (χ0) is 8.91. The van der Waals surface area contributed by atoms with Crippen LogP contribution in [0.25, 0.3) is 0 Å². The Morgan fingerprint density at radius 3 is 2.55 bits per heavy atom. The van der Waals surface area contributed by atoms with Gasteiger partial charge in [-0.15, -0.1) is 0 Å². The van der Waals surface area contributed by atoms with Crippen LogP contribution < -0.4 is 0 Å². The summed E-state index contributed by atoms with van der Waals surface area (Å²) in [5.74, 6) is 0. The molecule has 1 radical (unpaired) electrons. The normalized spacial score (nSPS) is 12.5. The third-order valence-electron chi connectivity index (χ3n) is 1.11. The van der Waals surface area contributed by atoms with Crippen molar-refractivity contribution in [3.8, 4) is 0 Å². The van der Waals surface area contributed by atoms with Gasteiger partial charge in [0.15, 0.2) is 0 Å². The zero-order valence-electron chi connectivity index (χ0n) is 6.43. The van der Waals surface area contributed by atoms with E-state index in [1.807, 2.05) is 6.92 Å². The molecule has 0 bridgehead atoms. The highest BCUT2D eigenvalue weighted by Gasteiger charge is 2.12. The van der Waals surface area contributed by atoms with E-state index in [-0.39, 0.29) is 6.61 Å². The standard InChI is InChI=1S/C5H13NO4P/c1-3-6(2)4-5-10-11(7,8)9/h2-5H2,1H3,(H2,7,8,9). The number of hydrogen-bond donors (Lipinski definition) is 2. The maximum Gasteiger partial charge on any atom is 0.469 e. The van der Waals surface area contributed by atoms with E-state index in [0.717, 1.165) is 6.54 Å². The first-order valence-corrected chi connectivity index (χ1v) is 4.74. The molecule has 0 aliphatic heterocycles. The summed E-state index contributed by atoms with van der Waals surface area (Å²) in [6.07, 6.45) is 0. The van der Waals surface area contributed by atoms with Gasteiger partial charge in [-0.25, -0.2) is 4.57 Å². The molecule has 0 aliphatic carbocycles. The van der Waals surface area contributed by atoms with E-state index in [4.69, 9.17) is 9.79 Å². The monoisotopic (exact) mass is 182 g/mol. The predicted molar refractivity (Wildman–Crippen MR) is 40.6 cm³/mol. The molecule has 6 heteroatoms. The van der Waals surface area contributed by atoms with Gasteiger partial charge in [0, 0.05) is 13.6 Å². The first kappa shape index (κ1) is 11.1. The number of hydrogen-bond acceptors (Lipinski definition) is 3. The number of nitrogens with zero attached hydrogens (tertiary/aromatic N) is 1. The predicted octanol–water partition coefficient (Wildman–Crippen LogP) is 0.209. The highest BCUT2D eigenvalue weighted by atomic mass is 31.2. The molecule has 0 aromatic rings. The lowest BCUT2D eigenvalue weighted by Gasteiger charge is -2.13. The molecule has 0 rings (SSSR count). The van der Waals surface area contributed by atoms with Crippen LogP contribution in [0.4, 0.5) is 0 Å². The van der Waals surface area contributed by atoms with Crippen LogP contribution in [-0.2, 0) is 9.09 Å². The molecule has 2 N–H and O–H groups in total. The van der Waals surface area contributed by atoms with Crippen molar-refractivity contribution in [2.24, 2.45) is 0 Å². The van der Waals surface area contributed by atoms with E-state index < -0.39 is 7.82 Å². The molecule has 67 valence electrons. The van der Waals surface area contributed by atoms with Gasteiger partial charge in [0.05, 0.1) is 6.61 Å². The summed E-state index contributed by atoms with van der Waals surface area (Å²) < 4.78 is 14.3. The average molecular weight is 182 g/mol. The number of phosphoric acid groups is 1. The third kappa shape index (κ3) is 7.97. The Morgan fingerprint density at radius 1 is 1.64 bits per heavy atom. The molecule has 0 aromatic heterocycles. The Morgan fingerprint density at radius 2 is 2.18 bits per heavy atom. The Hall–Kier alpha value is 0.0700. The summed E-state index contributed by atoms with van der Waals surface area (Å²) in [5.41, 5.74) is 0. The van der Waals surface area contributed by atoms with Crippen molar-refractivity contribution >= 4 is 7.82 Å². The van der Waals surface area contributed by atoms with E-state index in [0.29, 0.717) is 6.54 Å². The average Bonchev–Trinajstić information content (AvgIpc) is 1.85. The van der Waals surface area contributed by atoms with Crippen LogP contribution in [0.3, 0.4) is 0 Å². The molecule has 11 heavy (non-hydrogen) atoms. The van der Waals surface area contributed by atoms with Gasteiger partial charge >= 0.3 is 7.82 Å². The Labute approximate surface area is 66.2 Å². The van der Waals surface area contributed by atoms with Gasteiger partial charge < -0.3 is 14.7 Å². The minimum Gasteiger partial charge on any atom is -0.303 e. The van der Waals surface area contributed by atoms with Gasteiger partial charge in [-0.05, 0) is 6.54 Å². The maximum absolute atomic E-state index is 10.1. The number of rotatable bonds is 5. The van der Waals surface area contributed by atoms with Crippen LogP contribution in [0.1, 0.15) is 6.92 Å². The molecule has 0 heterocycles. The van der Waals surface area contributed by atoms with Gasteiger partial charge in [-0.3, -0.25) is 4.52 Å². The maximum atomic E-state index is 10.1. The molecule has 0 unspecified atom stereocenters. The summed E-state index contributed by atoms with van der Waals surface area (Å²) in [5, 5.41) is 0. The van der Waals surface area contributed by atoms with E-state index in [1.165, 1.54) is 0 Å². The molecule has 0 fully saturated rings. The van der Waals surface area contributed by atoms with Crippen LogP contribution in [0.2, 0.25) is 0 Å². The Balaban J connectivity index is 3.35. The lowest BCUT2D eigenvalue weighted by Crippen LogP contribution is -2.19. The van der Waals surface area contributed by atoms with Crippen molar-refractivity contribution in [2.75, 3.05) is 19.7 Å². The van der Waals surface area contributed by atoms with Crippen LogP contribution in [0.15, 0.2) is 0 Å². The van der Waals surface area contributed by atoms with Crippen molar-refractivity contribution in [3.05, 3.63) is 7.05 Å². The van der Waals surface area contributed by atoms with Crippen LogP contribution in [0, 0.1) is 7.05 Å². The van der Waals surface area contributed by atoms with Crippen LogP contribution in [0.5, 0.6) is 0 Å². The summed E-state index contributed by atoms with van der Waals surface area (Å²) >= 11 is 0. The fourth-order valence-electron chi connectivity index (χ4n) is 0.447. The third-order valence-corrected chi connectivity index (χ3v) is 1.63. The second-order valence-corrected chi connectivity index (χ2v) is 3.27. The van der Waals surface area contributed by atoms with Gasteiger partial charge in [0.1, 0.15) is 0 Å². The lowest BCUT2D eigenvalue weighted by molar-refractivity contribution is 0.179. The second-order valence-electron chi connectivity index (χ2n) is 2.03. The van der Waals surface area contributed by atoms with Gasteiger partial charge in [0.25, 0.3) is 0 Å². The highest BCUT2D eigenvalue weighted by Crippen LogP contribution is 2.35. The summed E-state index contributed by atoms with van der Waals surface area (Å²) in [6, 6.07) is 0. The fraction of sp³-hybridized carbons (Fsp3) is 0.800. The summed E-state index contributed by atoms with van der Waals surface area (Å²) in [7, 11) is -0.710. The summed E-state index contributed by atoms with van der Waals surface area (Å²) in [4.78, 5) is 18.2. The molecule has 0 aliphatic rings. The first-order valence-electron chi connectivity index (χ1n) is 3.21. The van der Waals surface area contributed by atoms with Crippen molar-refractivity contribution in [1.82, 2.24) is 4.90 Å². The minimum absolute atomic E-state index is 0.00160. The number of likely N-dealkylation sites (N-methyl/N-ethyl adjacent to an activating group) is 1. The van der Waals surface area contributed by atoms with E-state index in [2.05, 4.69) is 11.6 Å². The smallest absolute Gasteiger partial charge is 0.303 e. The molecule has 0 saturated heterocycles. The quantitative estimate of drug-likeness (QED) is 0.595. The van der Waals surface area contributed by atoms with E-state index in [1.54, 1.807) is 4.90 Å². The molecular formula is C5H13NO4P. The second kappa shape index (κ2) is 4.85. The SMILES string of the molecule is [CH2]N(CC)CCOP(=O)(O)O. The molecule has 5 nitrogen and oxygen atoms in total. The zero-order valence-corrected chi connectivity index (χ0v) is 7.33. The molecule has 0 amide bonds. The van der Waals surface area contributed by atoms with Gasteiger partial charge in [-0.1, -0.05) is 6.92 Å². The van der Waals surface area contributed by atoms with Crippen molar-refractivity contribution < 1.29 is 18.9 Å². The summed E-state index contributed by atoms with van der Waals surface area (Å²) in [6.45, 7) is 3.04. The topological polar surface area (TPSA) is 70.0 Å². The van der Waals surface area contributed by atoms with Gasteiger partial charge in [-0.2, -0.15) is 0 Å². The Bertz CT molecular complexity index is 145. The van der Waals surface area contributed by atoms with E-state index >= 15 is 0 Å². The first-order chi connectivity index (χ1) is 4.95. The molecule has 0 spiro atoms. The van der Waals surface area contributed by atoms with Crippen molar-refractivity contribution in [1.29, 1.82) is 0 Å². The molecule has 0 aromatic carbocycles. The highest BCUT2D eigenvalue weighted by molar-refractivity contribution is 7.46. The van der Waals surface area contributed by atoms with Crippen molar-refractivity contribution in [3.63, 3.8) is 0 Å². The lowest BCUT2D eigenvalue weighted by atomic mass is 10.6. The molecule has 0 saturated carbocycles. The van der Waals surface area contributed by atoms with Crippen LogP contribution >= 0.6 is 7.82 Å². The minimum atomic E-state index is -4.29. The van der Waals surface area contributed by atoms with E-state index in [9.17, 15) is 4.57 Å². The molecule has 0 atom stereocenters. The van der Waals surface area contributed by atoms with Gasteiger partial charge in [0.2, 0.25) is 0 Å². The number of phosphoric ester groups is 1. The Kier molecular flexibility index (Phi) is 4.88.